The molecule has 0 unspecified atom stereocenters. The van der Waals surface area contributed by atoms with E-state index in [1.54, 1.807) is 6.92 Å². The Balaban J connectivity index is 2.90. The van der Waals surface area contributed by atoms with Crippen molar-refractivity contribution in [1.82, 2.24) is 0 Å². The fourth-order valence-corrected chi connectivity index (χ4v) is 1.06. The molecule has 0 aliphatic rings. The molecule has 1 rings (SSSR count). The average Bonchev–Trinajstić information content (AvgIpc) is 2.26. The second-order valence-corrected chi connectivity index (χ2v) is 3.05. The monoisotopic (exact) mass is 242 g/mol. The first-order valence-corrected chi connectivity index (χ1v) is 4.79. The van der Waals surface area contributed by atoms with Crippen molar-refractivity contribution in [2.24, 2.45) is 0 Å². The lowest BCUT2D eigenvalue weighted by atomic mass is 10.1. The summed E-state index contributed by atoms with van der Waals surface area (Å²) in [7, 11) is 0. The van der Waals surface area contributed by atoms with Crippen molar-refractivity contribution >= 4 is 5.97 Å². The lowest BCUT2D eigenvalue weighted by Gasteiger charge is -2.05. The van der Waals surface area contributed by atoms with Crippen molar-refractivity contribution in [1.29, 1.82) is 0 Å². The summed E-state index contributed by atoms with van der Waals surface area (Å²) in [6.07, 6.45) is -4.42. The minimum Gasteiger partial charge on any atom is -0.456 e. The van der Waals surface area contributed by atoms with E-state index in [1.165, 1.54) is 12.1 Å². The van der Waals surface area contributed by atoms with Crippen LogP contribution in [0.2, 0.25) is 0 Å². The predicted octanol–water partition coefficient (Wildman–Crippen LogP) is 2.62. The van der Waals surface area contributed by atoms with Gasteiger partial charge in [-0.05, 0) is 25.1 Å². The molecule has 0 saturated carbocycles. The number of esters is 1. The van der Waals surface area contributed by atoms with E-state index in [-0.39, 0.29) is 12.2 Å². The van der Waals surface area contributed by atoms with E-state index >= 15 is 0 Å². The topological polar surface area (TPSA) is 26.3 Å². The first-order valence-electron chi connectivity index (χ1n) is 4.79. The van der Waals surface area contributed by atoms with Gasteiger partial charge < -0.3 is 4.74 Å². The number of benzene rings is 1. The zero-order valence-electron chi connectivity index (χ0n) is 8.97. The summed E-state index contributed by atoms with van der Waals surface area (Å²) in [5.74, 6) is 3.66. The van der Waals surface area contributed by atoms with E-state index in [0.29, 0.717) is 0 Å². The molecule has 0 atom stereocenters. The smallest absolute Gasteiger partial charge is 0.416 e. The van der Waals surface area contributed by atoms with Crippen LogP contribution in [0.3, 0.4) is 0 Å². The summed E-state index contributed by atoms with van der Waals surface area (Å²) in [6, 6.07) is 4.45. The minimum absolute atomic E-state index is 0.118. The van der Waals surface area contributed by atoms with Crippen molar-refractivity contribution in [2.75, 3.05) is 6.61 Å². The van der Waals surface area contributed by atoms with E-state index in [4.69, 9.17) is 0 Å². The second-order valence-electron chi connectivity index (χ2n) is 3.05. The van der Waals surface area contributed by atoms with E-state index < -0.39 is 17.7 Å². The van der Waals surface area contributed by atoms with Gasteiger partial charge in [0.25, 0.3) is 0 Å². The van der Waals surface area contributed by atoms with Gasteiger partial charge in [0.05, 0.1) is 12.2 Å². The van der Waals surface area contributed by atoms with Gasteiger partial charge in [-0.1, -0.05) is 12.0 Å². The van der Waals surface area contributed by atoms with E-state index in [0.717, 1.165) is 12.1 Å². The number of ether oxygens (including phenoxy) is 1. The molecule has 0 aromatic heterocycles. The third-order valence-electron chi connectivity index (χ3n) is 1.77. The van der Waals surface area contributed by atoms with Gasteiger partial charge in [-0.3, -0.25) is 0 Å². The van der Waals surface area contributed by atoms with Crippen LogP contribution in [0, 0.1) is 11.8 Å². The van der Waals surface area contributed by atoms with Crippen LogP contribution in [-0.4, -0.2) is 12.6 Å². The minimum atomic E-state index is -4.42. The molecule has 0 radical (unpaired) electrons. The Kier molecular flexibility index (Phi) is 4.16. The van der Waals surface area contributed by atoms with Gasteiger partial charge >= 0.3 is 12.1 Å². The van der Waals surface area contributed by atoms with Gasteiger partial charge in [-0.25, -0.2) is 4.79 Å². The molecule has 0 heterocycles. The van der Waals surface area contributed by atoms with Gasteiger partial charge in [0.1, 0.15) is 0 Å². The molecule has 17 heavy (non-hydrogen) atoms. The quantitative estimate of drug-likeness (QED) is 0.559. The van der Waals surface area contributed by atoms with Gasteiger partial charge in [-0.2, -0.15) is 13.2 Å². The van der Waals surface area contributed by atoms with Crippen LogP contribution in [0.5, 0.6) is 0 Å². The largest absolute Gasteiger partial charge is 0.456 e. The molecule has 0 aliphatic carbocycles. The van der Waals surface area contributed by atoms with Crippen LogP contribution in [0.15, 0.2) is 24.3 Å². The summed E-state index contributed by atoms with van der Waals surface area (Å²) >= 11 is 0. The molecule has 90 valence electrons. The molecular formula is C12H9F3O2. The van der Waals surface area contributed by atoms with E-state index in [2.05, 4.69) is 16.6 Å². The third-order valence-corrected chi connectivity index (χ3v) is 1.77. The van der Waals surface area contributed by atoms with E-state index in [1.807, 2.05) is 0 Å². The summed E-state index contributed by atoms with van der Waals surface area (Å²) in [6.45, 7) is 1.79. The maximum absolute atomic E-state index is 12.3. The molecule has 0 fully saturated rings. The Morgan fingerprint density at radius 1 is 1.41 bits per heavy atom. The highest BCUT2D eigenvalue weighted by atomic mass is 19.4. The molecule has 0 saturated heterocycles. The van der Waals surface area contributed by atoms with Gasteiger partial charge in [0, 0.05) is 11.5 Å². The Hall–Kier alpha value is -1.96. The Bertz CT molecular complexity index is 467. The number of alkyl halides is 3. The van der Waals surface area contributed by atoms with Crippen LogP contribution in [-0.2, 0) is 15.7 Å². The molecule has 0 spiro atoms. The van der Waals surface area contributed by atoms with Crippen LogP contribution in [0.4, 0.5) is 13.2 Å². The highest BCUT2D eigenvalue weighted by Crippen LogP contribution is 2.29. The molecule has 1 aromatic carbocycles. The molecular weight excluding hydrogens is 233 g/mol. The van der Waals surface area contributed by atoms with Gasteiger partial charge in [-0.15, -0.1) is 0 Å². The fraction of sp³-hybridized carbons (Fsp3) is 0.250. The number of hydrogen-bond donors (Lipinski definition) is 0. The fourth-order valence-electron chi connectivity index (χ4n) is 1.06. The number of carbonyl (C=O) groups is 1. The molecule has 0 bridgehead atoms. The zero-order valence-corrected chi connectivity index (χ0v) is 8.97. The standard InChI is InChI=1S/C12H9F3O2/c1-2-17-11(16)7-6-9-4-3-5-10(8-9)12(13,14)15/h3-5,8H,2H2,1H3. The SMILES string of the molecule is CCOC(=O)C#Cc1cccc(C(F)(F)F)c1. The normalized spacial score (nSPS) is 10.4. The maximum atomic E-state index is 12.3. The second kappa shape index (κ2) is 5.39. The highest BCUT2D eigenvalue weighted by molar-refractivity contribution is 5.89. The Morgan fingerprint density at radius 2 is 2.12 bits per heavy atom. The summed E-state index contributed by atoms with van der Waals surface area (Å²) < 4.78 is 41.6. The van der Waals surface area contributed by atoms with Gasteiger partial charge in [0.15, 0.2) is 0 Å². The Morgan fingerprint density at radius 3 is 2.71 bits per heavy atom. The lowest BCUT2D eigenvalue weighted by Crippen LogP contribution is -2.04. The molecule has 0 N–H and O–H groups in total. The predicted molar refractivity (Wildman–Crippen MR) is 55.0 cm³/mol. The Labute approximate surface area is 96.4 Å². The first kappa shape index (κ1) is 13.1. The van der Waals surface area contributed by atoms with Crippen LogP contribution in [0.1, 0.15) is 18.1 Å². The van der Waals surface area contributed by atoms with Crippen LogP contribution in [0.25, 0.3) is 0 Å². The maximum Gasteiger partial charge on any atom is 0.416 e. The lowest BCUT2D eigenvalue weighted by molar-refractivity contribution is -0.138. The third kappa shape index (κ3) is 4.19. The van der Waals surface area contributed by atoms with Crippen LogP contribution >= 0.6 is 0 Å². The summed E-state index contributed by atoms with van der Waals surface area (Å²) in [4.78, 5) is 10.9. The summed E-state index contributed by atoms with van der Waals surface area (Å²) in [5.41, 5.74) is -0.680. The summed E-state index contributed by atoms with van der Waals surface area (Å²) in [5, 5.41) is 0. The first-order chi connectivity index (χ1) is 7.93. The van der Waals surface area contributed by atoms with E-state index in [9.17, 15) is 18.0 Å². The number of rotatable bonds is 1. The van der Waals surface area contributed by atoms with Crippen molar-refractivity contribution < 1.29 is 22.7 Å². The molecule has 0 amide bonds. The highest BCUT2D eigenvalue weighted by Gasteiger charge is 2.30. The molecule has 0 aliphatic heterocycles. The zero-order chi connectivity index (χ0) is 12.9. The van der Waals surface area contributed by atoms with Crippen molar-refractivity contribution in [3.05, 3.63) is 35.4 Å². The number of carbonyl (C=O) groups excluding carboxylic acids is 1. The molecule has 1 aromatic rings. The molecule has 5 heteroatoms. The average molecular weight is 242 g/mol. The number of halogens is 3. The van der Waals surface area contributed by atoms with Crippen LogP contribution < -0.4 is 0 Å². The van der Waals surface area contributed by atoms with Crippen molar-refractivity contribution in [3.8, 4) is 11.8 Å². The molecule has 2 nitrogen and oxygen atoms in total. The van der Waals surface area contributed by atoms with Gasteiger partial charge in [0.2, 0.25) is 0 Å². The van der Waals surface area contributed by atoms with Crippen molar-refractivity contribution in [2.45, 2.75) is 13.1 Å². The van der Waals surface area contributed by atoms with Crippen molar-refractivity contribution in [3.63, 3.8) is 0 Å². The number of hydrogen-bond acceptors (Lipinski definition) is 2.